The molecule has 240 valence electrons. The highest BCUT2D eigenvalue weighted by molar-refractivity contribution is 6.34. The third kappa shape index (κ3) is 5.51. The molecule has 3 fully saturated rings. The number of fused-ring (bicyclic) bond motifs is 1. The lowest BCUT2D eigenvalue weighted by Gasteiger charge is -2.41. The molecule has 0 radical (unpaired) electrons. The van der Waals surface area contributed by atoms with Gasteiger partial charge in [0, 0.05) is 19.6 Å². The van der Waals surface area contributed by atoms with E-state index < -0.39 is 35.1 Å². The Balaban J connectivity index is 1.62. The van der Waals surface area contributed by atoms with E-state index in [1.54, 1.807) is 46.2 Å². The van der Waals surface area contributed by atoms with Gasteiger partial charge >= 0.3 is 0 Å². The number of hydrogen-bond acceptors (Lipinski definition) is 5. The van der Waals surface area contributed by atoms with Gasteiger partial charge in [0.15, 0.2) is 0 Å². The van der Waals surface area contributed by atoms with Crippen LogP contribution in [0.3, 0.4) is 0 Å². The van der Waals surface area contributed by atoms with Gasteiger partial charge < -0.3 is 24.5 Å². The fourth-order valence-electron chi connectivity index (χ4n) is 7.83. The van der Waals surface area contributed by atoms with Gasteiger partial charge in [-0.05, 0) is 43.4 Å². The summed E-state index contributed by atoms with van der Waals surface area (Å²) in [7, 11) is 0. The number of likely N-dealkylation sites (tertiary alicyclic amines) is 1. The number of anilines is 1. The van der Waals surface area contributed by atoms with Crippen molar-refractivity contribution in [3.8, 4) is 0 Å². The number of nitrogens with zero attached hydrogens (tertiary/aromatic N) is 3. The van der Waals surface area contributed by atoms with Gasteiger partial charge in [-0.2, -0.15) is 0 Å². The first-order valence-electron chi connectivity index (χ1n) is 15.8. The van der Waals surface area contributed by atoms with Crippen LogP contribution < -0.4 is 4.90 Å². The summed E-state index contributed by atoms with van der Waals surface area (Å²) < 4.78 is 6.90. The molecule has 0 saturated carbocycles. The van der Waals surface area contributed by atoms with Crippen LogP contribution in [0.2, 0.25) is 5.02 Å². The predicted molar refractivity (Wildman–Crippen MR) is 175 cm³/mol. The van der Waals surface area contributed by atoms with Crippen LogP contribution in [-0.2, 0) is 25.7 Å². The lowest BCUT2D eigenvalue weighted by molar-refractivity contribution is -0.153. The Bertz CT molecular complexity index is 1450. The van der Waals surface area contributed by atoms with Gasteiger partial charge in [0.25, 0.3) is 5.91 Å². The third-order valence-electron chi connectivity index (χ3n) is 10.2. The number of amides is 3. The highest BCUT2D eigenvalue weighted by atomic mass is 35.5. The predicted octanol–water partition coefficient (Wildman–Crippen LogP) is 5.25. The first-order valence-corrected chi connectivity index (χ1v) is 16.2. The van der Waals surface area contributed by atoms with Crippen LogP contribution in [0.4, 0.5) is 5.69 Å². The van der Waals surface area contributed by atoms with Crippen LogP contribution in [0.25, 0.3) is 0 Å². The number of halogens is 1. The lowest BCUT2D eigenvalue weighted by Crippen LogP contribution is -2.60. The van der Waals surface area contributed by atoms with Crippen LogP contribution in [-0.4, -0.2) is 75.6 Å². The normalized spacial score (nSPS) is 28.0. The molecule has 2 aromatic carbocycles. The Morgan fingerprint density at radius 1 is 1.09 bits per heavy atom. The zero-order valence-electron chi connectivity index (χ0n) is 26.4. The van der Waals surface area contributed by atoms with Crippen LogP contribution >= 0.6 is 11.6 Å². The van der Waals surface area contributed by atoms with Gasteiger partial charge in [-0.15, -0.1) is 13.2 Å². The number of benzene rings is 2. The van der Waals surface area contributed by atoms with Gasteiger partial charge in [-0.1, -0.05) is 86.5 Å². The molecule has 5 rings (SSSR count). The fourth-order valence-corrected chi connectivity index (χ4v) is 8.07. The lowest BCUT2D eigenvalue weighted by atomic mass is 9.66. The summed E-state index contributed by atoms with van der Waals surface area (Å²) in [5.74, 6) is -2.72. The van der Waals surface area contributed by atoms with Gasteiger partial charge in [0.2, 0.25) is 11.8 Å². The second-order valence-electron chi connectivity index (χ2n) is 12.8. The standard InChI is InChI=1S/C36H44ClN3O5/c1-6-20-38(22-25-14-10-9-11-15-25)32(42)29-30-33(43)40(28(23-41)24(4)8-3)31(36(30)19-18-35(29,5)45-36)34(44)39(21-7-2)27-17-13-12-16-26(27)37/h6-7,9-17,24,28-31,41H,1-2,8,18-23H2,3-5H3/t24-,28-,29-,30-,31?,35+,36?/m0/s1. The van der Waals surface area contributed by atoms with Crippen LogP contribution in [0.1, 0.15) is 45.6 Å². The number of aliphatic hydroxyl groups is 1. The number of hydrogen-bond donors (Lipinski definition) is 1. The van der Waals surface area contributed by atoms with E-state index in [0.29, 0.717) is 43.1 Å². The smallest absolute Gasteiger partial charge is 0.253 e. The number of rotatable bonds is 13. The summed E-state index contributed by atoms with van der Waals surface area (Å²) >= 11 is 6.60. The molecule has 1 N–H and O–H groups in total. The Hall–Kier alpha value is -3.46. The topological polar surface area (TPSA) is 90.4 Å². The molecule has 0 aromatic heterocycles. The van der Waals surface area contributed by atoms with Crippen molar-refractivity contribution < 1.29 is 24.2 Å². The van der Waals surface area contributed by atoms with Crippen LogP contribution in [0.5, 0.6) is 0 Å². The molecule has 45 heavy (non-hydrogen) atoms. The highest BCUT2D eigenvalue weighted by Gasteiger charge is 2.79. The molecule has 3 aliphatic rings. The highest BCUT2D eigenvalue weighted by Crippen LogP contribution is 2.64. The number of ether oxygens (including phenoxy) is 1. The van der Waals surface area contributed by atoms with Gasteiger partial charge in [0.1, 0.15) is 11.6 Å². The maximum atomic E-state index is 14.9. The molecule has 2 aromatic rings. The molecule has 3 heterocycles. The number of carbonyl (C=O) groups excluding carboxylic acids is 3. The van der Waals surface area contributed by atoms with Crippen molar-refractivity contribution >= 4 is 35.0 Å². The molecule has 8 nitrogen and oxygen atoms in total. The Kier molecular flexibility index (Phi) is 9.59. The minimum atomic E-state index is -1.25. The van der Waals surface area contributed by atoms with Crippen molar-refractivity contribution in [2.45, 2.75) is 69.9 Å². The molecule has 2 bridgehead atoms. The summed E-state index contributed by atoms with van der Waals surface area (Å²) in [5, 5.41) is 11.1. The fraction of sp³-hybridized carbons (Fsp3) is 0.472. The monoisotopic (exact) mass is 633 g/mol. The maximum Gasteiger partial charge on any atom is 0.253 e. The van der Waals surface area contributed by atoms with Gasteiger partial charge in [0.05, 0.1) is 40.8 Å². The first kappa shape index (κ1) is 32.9. The molecule has 1 spiro atoms. The Labute approximate surface area is 271 Å². The Morgan fingerprint density at radius 3 is 2.38 bits per heavy atom. The van der Waals surface area contributed by atoms with E-state index in [2.05, 4.69) is 13.2 Å². The molecule has 0 aliphatic carbocycles. The maximum absolute atomic E-state index is 14.9. The van der Waals surface area contributed by atoms with Crippen molar-refractivity contribution in [2.75, 3.05) is 24.6 Å². The molecule has 2 unspecified atom stereocenters. The molecule has 3 saturated heterocycles. The molecular formula is C36H44ClN3O5. The van der Waals surface area contributed by atoms with E-state index in [0.717, 1.165) is 5.56 Å². The van der Waals surface area contributed by atoms with E-state index in [1.807, 2.05) is 51.1 Å². The van der Waals surface area contributed by atoms with E-state index in [-0.39, 0.29) is 36.8 Å². The second-order valence-corrected chi connectivity index (χ2v) is 13.2. The first-order chi connectivity index (χ1) is 21.6. The molecular weight excluding hydrogens is 590 g/mol. The summed E-state index contributed by atoms with van der Waals surface area (Å²) in [6.07, 6.45) is 4.93. The van der Waals surface area contributed by atoms with Gasteiger partial charge in [-0.3, -0.25) is 14.4 Å². The Morgan fingerprint density at radius 2 is 1.76 bits per heavy atom. The minimum absolute atomic E-state index is 0.116. The van der Waals surface area contributed by atoms with Crippen molar-refractivity contribution in [2.24, 2.45) is 17.8 Å². The van der Waals surface area contributed by atoms with Crippen molar-refractivity contribution in [1.29, 1.82) is 0 Å². The molecule has 7 atom stereocenters. The van der Waals surface area contributed by atoms with Crippen molar-refractivity contribution in [3.63, 3.8) is 0 Å². The molecule has 3 amide bonds. The average Bonchev–Trinajstić information content (AvgIpc) is 3.61. The summed E-state index contributed by atoms with van der Waals surface area (Å²) in [4.78, 5) is 49.1. The largest absolute Gasteiger partial charge is 0.394 e. The number of aliphatic hydroxyl groups excluding tert-OH is 1. The van der Waals surface area contributed by atoms with Crippen LogP contribution in [0.15, 0.2) is 79.9 Å². The van der Waals surface area contributed by atoms with Crippen molar-refractivity contribution in [1.82, 2.24) is 9.80 Å². The van der Waals surface area contributed by atoms with Gasteiger partial charge in [-0.25, -0.2) is 0 Å². The number of para-hydroxylation sites is 1. The number of carbonyl (C=O) groups is 3. The summed E-state index contributed by atoms with van der Waals surface area (Å²) in [5.41, 5.74) is -0.748. The third-order valence-corrected chi connectivity index (χ3v) is 10.5. The second kappa shape index (κ2) is 13.1. The molecule has 9 heteroatoms. The summed E-state index contributed by atoms with van der Waals surface area (Å²) in [6.45, 7) is 14.1. The van der Waals surface area contributed by atoms with E-state index in [4.69, 9.17) is 16.3 Å². The van der Waals surface area contributed by atoms with Crippen molar-refractivity contribution in [3.05, 3.63) is 90.5 Å². The average molecular weight is 634 g/mol. The van der Waals surface area contributed by atoms with E-state index in [1.165, 1.54) is 4.90 Å². The van der Waals surface area contributed by atoms with E-state index in [9.17, 15) is 19.5 Å². The SMILES string of the molecule is C=CCN(Cc1ccccc1)C(=O)[C@@H]1[C@H]2C(=O)N([C@@H](CO)[C@@H](C)CC)C(C(=O)N(CC=C)c3ccccc3Cl)C23CC[C@@]1(C)O3. The summed E-state index contributed by atoms with van der Waals surface area (Å²) in [6, 6.07) is 15.0. The minimum Gasteiger partial charge on any atom is -0.394 e. The molecule has 3 aliphatic heterocycles. The zero-order chi connectivity index (χ0) is 32.5. The van der Waals surface area contributed by atoms with Crippen LogP contribution in [0, 0.1) is 17.8 Å². The van der Waals surface area contributed by atoms with E-state index >= 15 is 0 Å². The quantitative estimate of drug-likeness (QED) is 0.305. The zero-order valence-corrected chi connectivity index (χ0v) is 27.2.